The summed E-state index contributed by atoms with van der Waals surface area (Å²) in [6.45, 7) is 2.21. The number of nitrogens with one attached hydrogen (secondary N) is 2. The van der Waals surface area contributed by atoms with Gasteiger partial charge in [-0.15, -0.1) is 0 Å². The van der Waals surface area contributed by atoms with E-state index in [-0.39, 0.29) is 0 Å². The van der Waals surface area contributed by atoms with Crippen LogP contribution in [0.15, 0.2) is 18.3 Å². The van der Waals surface area contributed by atoms with Crippen LogP contribution in [0.1, 0.15) is 12.8 Å². The van der Waals surface area contributed by atoms with Gasteiger partial charge in [-0.05, 0) is 50.0 Å². The Balaban J connectivity index is 1.86. The van der Waals surface area contributed by atoms with Crippen molar-refractivity contribution in [2.24, 2.45) is 7.05 Å². The maximum absolute atomic E-state index is 5.49. The number of rotatable bonds is 4. The number of methoxy groups -OCH3 is 1. The van der Waals surface area contributed by atoms with Crippen LogP contribution in [0, 0.1) is 0 Å². The van der Waals surface area contributed by atoms with Crippen molar-refractivity contribution >= 4 is 28.5 Å². The van der Waals surface area contributed by atoms with Gasteiger partial charge in [-0.3, -0.25) is 4.68 Å². The van der Waals surface area contributed by atoms with Gasteiger partial charge in [0.15, 0.2) is 0 Å². The Morgan fingerprint density at radius 2 is 2.20 bits per heavy atom. The third kappa shape index (κ3) is 2.58. The zero-order valence-electron chi connectivity index (χ0n) is 11.8. The predicted molar refractivity (Wildman–Crippen MR) is 84.4 cm³/mol. The summed E-state index contributed by atoms with van der Waals surface area (Å²) in [4.78, 5) is 0. The van der Waals surface area contributed by atoms with E-state index in [1.807, 2.05) is 30.1 Å². The summed E-state index contributed by atoms with van der Waals surface area (Å²) < 4.78 is 10.9. The molecule has 2 aromatic rings. The lowest BCUT2D eigenvalue weighted by molar-refractivity contribution is 0.417. The predicted octanol–water partition coefficient (Wildman–Crippen LogP) is 2.39. The Kier molecular flexibility index (Phi) is 4.03. The van der Waals surface area contributed by atoms with E-state index < -0.39 is 0 Å². The maximum Gasteiger partial charge on any atom is 0.145 e. The first-order valence-corrected chi connectivity index (χ1v) is 7.78. The topological polar surface area (TPSA) is 51.1 Å². The molecule has 2 N–H and O–H groups in total. The van der Waals surface area contributed by atoms with Gasteiger partial charge in [0.1, 0.15) is 11.4 Å². The second kappa shape index (κ2) is 5.93. The summed E-state index contributed by atoms with van der Waals surface area (Å²) in [5, 5.41) is 9.49. The normalized spacial score (nSPS) is 16.5. The number of benzene rings is 1. The zero-order chi connectivity index (χ0) is 13.9. The van der Waals surface area contributed by atoms with Gasteiger partial charge < -0.3 is 14.8 Å². The van der Waals surface area contributed by atoms with Crippen molar-refractivity contribution in [1.29, 1.82) is 0 Å². The number of ether oxygens (including phenoxy) is 1. The van der Waals surface area contributed by atoms with E-state index in [0.29, 0.717) is 5.25 Å². The van der Waals surface area contributed by atoms with Crippen molar-refractivity contribution in [2.45, 2.75) is 18.1 Å². The van der Waals surface area contributed by atoms with Gasteiger partial charge in [0.05, 0.1) is 18.8 Å². The molecule has 1 aromatic carbocycles. The van der Waals surface area contributed by atoms with Crippen LogP contribution < -0.4 is 14.8 Å². The fraction of sp³-hybridized carbons (Fsp3) is 0.500. The largest absolute Gasteiger partial charge is 0.494 e. The number of aryl methyl sites for hydroxylation is 1. The molecule has 0 atom stereocenters. The Hall–Kier alpha value is -1.40. The molecule has 0 bridgehead atoms. The Bertz CT molecular complexity index is 592. The zero-order valence-corrected chi connectivity index (χ0v) is 12.7. The van der Waals surface area contributed by atoms with E-state index in [4.69, 9.17) is 4.74 Å². The molecule has 0 amide bonds. The van der Waals surface area contributed by atoms with Gasteiger partial charge in [0.25, 0.3) is 0 Å². The van der Waals surface area contributed by atoms with E-state index in [1.54, 1.807) is 19.1 Å². The number of nitrogens with zero attached hydrogens (tertiary/aromatic N) is 2. The highest BCUT2D eigenvalue weighted by Crippen LogP contribution is 2.36. The molecule has 20 heavy (non-hydrogen) atoms. The van der Waals surface area contributed by atoms with Crippen LogP contribution in [-0.4, -0.2) is 35.2 Å². The Morgan fingerprint density at radius 1 is 1.40 bits per heavy atom. The Morgan fingerprint density at radius 3 is 2.95 bits per heavy atom. The molecule has 6 heteroatoms. The average molecular weight is 292 g/mol. The minimum absolute atomic E-state index is 0.643. The fourth-order valence-corrected chi connectivity index (χ4v) is 3.53. The summed E-state index contributed by atoms with van der Waals surface area (Å²) in [7, 11) is 3.67. The van der Waals surface area contributed by atoms with Gasteiger partial charge >= 0.3 is 0 Å². The molecular weight excluding hydrogens is 272 g/mol. The molecule has 0 spiro atoms. The lowest BCUT2D eigenvalue weighted by Gasteiger charge is -2.23. The molecular formula is C14H20N4OS. The molecule has 0 unspecified atom stereocenters. The third-order valence-corrected chi connectivity index (χ3v) is 4.82. The first-order chi connectivity index (χ1) is 9.79. The van der Waals surface area contributed by atoms with Crippen LogP contribution in [0.25, 0.3) is 10.9 Å². The number of fused-ring (bicyclic) bond motifs is 1. The number of hydrogen-bond acceptors (Lipinski definition) is 5. The molecule has 0 aliphatic carbocycles. The summed E-state index contributed by atoms with van der Waals surface area (Å²) in [6.07, 6.45) is 4.28. The van der Waals surface area contributed by atoms with Gasteiger partial charge in [0.2, 0.25) is 0 Å². The molecule has 5 nitrogen and oxygen atoms in total. The van der Waals surface area contributed by atoms with E-state index >= 15 is 0 Å². The van der Waals surface area contributed by atoms with Crippen molar-refractivity contribution in [2.75, 3.05) is 24.9 Å². The Labute approximate surface area is 123 Å². The first kappa shape index (κ1) is 13.6. The van der Waals surface area contributed by atoms with E-state index in [0.717, 1.165) is 35.4 Å². The van der Waals surface area contributed by atoms with E-state index in [2.05, 4.69) is 15.1 Å². The van der Waals surface area contributed by atoms with Gasteiger partial charge in [0, 0.05) is 17.7 Å². The highest BCUT2D eigenvalue weighted by molar-refractivity contribution is 8.01. The molecule has 0 radical (unpaired) electrons. The first-order valence-electron chi connectivity index (χ1n) is 6.90. The molecule has 1 aliphatic rings. The molecule has 3 rings (SSSR count). The standard InChI is InChI=1S/C14H20N4OS/c1-18-14-10(9-16-18)3-4-12(19-2)13(14)17-20-11-5-7-15-8-6-11/h3-4,9,11,15,17H,5-8H2,1-2H3. The number of piperidine rings is 1. The smallest absolute Gasteiger partial charge is 0.145 e. The molecule has 1 fully saturated rings. The average Bonchev–Trinajstić information content (AvgIpc) is 2.87. The van der Waals surface area contributed by atoms with E-state index in [9.17, 15) is 0 Å². The van der Waals surface area contributed by atoms with Crippen LogP contribution in [0.4, 0.5) is 5.69 Å². The lowest BCUT2D eigenvalue weighted by Crippen LogP contribution is -2.29. The maximum atomic E-state index is 5.49. The molecule has 1 saturated heterocycles. The highest BCUT2D eigenvalue weighted by atomic mass is 32.2. The number of aromatic nitrogens is 2. The second-order valence-corrected chi connectivity index (χ2v) is 6.12. The molecule has 1 aromatic heterocycles. The van der Waals surface area contributed by atoms with E-state index in [1.165, 1.54) is 12.8 Å². The number of hydrogen-bond donors (Lipinski definition) is 2. The van der Waals surface area contributed by atoms with Gasteiger partial charge in [-0.1, -0.05) is 0 Å². The molecule has 2 heterocycles. The summed E-state index contributed by atoms with van der Waals surface area (Å²) in [5.74, 6) is 0.863. The number of anilines is 1. The highest BCUT2D eigenvalue weighted by Gasteiger charge is 2.17. The quantitative estimate of drug-likeness (QED) is 0.848. The van der Waals surface area contributed by atoms with Gasteiger partial charge in [-0.25, -0.2) is 0 Å². The van der Waals surface area contributed by atoms with Crippen molar-refractivity contribution in [3.8, 4) is 5.75 Å². The lowest BCUT2D eigenvalue weighted by atomic mass is 10.2. The minimum Gasteiger partial charge on any atom is -0.494 e. The molecule has 1 aliphatic heterocycles. The van der Waals surface area contributed by atoms with Crippen LogP contribution in [0.2, 0.25) is 0 Å². The molecule has 108 valence electrons. The van der Waals surface area contributed by atoms with Crippen LogP contribution >= 0.6 is 11.9 Å². The summed E-state index contributed by atoms with van der Waals surface area (Å²) in [5.41, 5.74) is 2.11. The van der Waals surface area contributed by atoms with Gasteiger partial charge in [-0.2, -0.15) is 5.10 Å². The van der Waals surface area contributed by atoms with Crippen molar-refractivity contribution < 1.29 is 4.74 Å². The SMILES string of the molecule is COc1ccc2cnn(C)c2c1NSC1CCNCC1. The van der Waals surface area contributed by atoms with Crippen LogP contribution in [-0.2, 0) is 7.05 Å². The van der Waals surface area contributed by atoms with Crippen molar-refractivity contribution in [1.82, 2.24) is 15.1 Å². The van der Waals surface area contributed by atoms with Crippen LogP contribution in [0.3, 0.4) is 0 Å². The fourth-order valence-electron chi connectivity index (χ4n) is 2.57. The summed E-state index contributed by atoms with van der Waals surface area (Å²) >= 11 is 1.80. The molecule has 0 saturated carbocycles. The monoisotopic (exact) mass is 292 g/mol. The second-order valence-electron chi connectivity index (χ2n) is 5.02. The van der Waals surface area contributed by atoms with Crippen molar-refractivity contribution in [3.05, 3.63) is 18.3 Å². The van der Waals surface area contributed by atoms with Crippen molar-refractivity contribution in [3.63, 3.8) is 0 Å². The van der Waals surface area contributed by atoms with Crippen LogP contribution in [0.5, 0.6) is 5.75 Å². The third-order valence-electron chi connectivity index (χ3n) is 3.70. The summed E-state index contributed by atoms with van der Waals surface area (Å²) in [6, 6.07) is 4.04. The minimum atomic E-state index is 0.643.